The molecule has 2 saturated carbocycles. The monoisotopic (exact) mass is 538 g/mol. The van der Waals surface area contributed by atoms with Crippen molar-refractivity contribution in [2.24, 2.45) is 0 Å². The van der Waals surface area contributed by atoms with Gasteiger partial charge in [-0.3, -0.25) is 4.79 Å². The van der Waals surface area contributed by atoms with Gasteiger partial charge in [-0.2, -0.15) is 13.2 Å². The molecule has 0 aliphatic heterocycles. The first kappa shape index (κ1) is 27.6. The van der Waals surface area contributed by atoms with Crippen LogP contribution in [0.2, 0.25) is 0 Å². The normalized spacial score (nSPS) is 24.3. The molecule has 2 aromatic carbocycles. The summed E-state index contributed by atoms with van der Waals surface area (Å²) in [7, 11) is -3.38. The first-order valence-corrected chi connectivity index (χ1v) is 14.4. The zero-order valence-electron chi connectivity index (χ0n) is 21.0. The van der Waals surface area contributed by atoms with Gasteiger partial charge in [-0.1, -0.05) is 42.5 Å². The van der Waals surface area contributed by atoms with Crippen LogP contribution in [0.25, 0.3) is 0 Å². The van der Waals surface area contributed by atoms with Crippen molar-refractivity contribution in [2.45, 2.75) is 74.7 Å². The van der Waals surface area contributed by atoms with E-state index in [0.29, 0.717) is 32.6 Å². The maximum absolute atomic E-state index is 13.5. The van der Waals surface area contributed by atoms with Gasteiger partial charge in [0.1, 0.15) is 0 Å². The quantitative estimate of drug-likeness (QED) is 0.519. The van der Waals surface area contributed by atoms with Gasteiger partial charge in [-0.05, 0) is 68.7 Å². The lowest BCUT2D eigenvalue weighted by atomic mass is 9.68. The van der Waals surface area contributed by atoms with Crippen molar-refractivity contribution in [1.29, 1.82) is 0 Å². The molecule has 2 aliphatic carbocycles. The second-order valence-electron chi connectivity index (χ2n) is 10.6. The number of amides is 1. The Hall–Kier alpha value is -2.43. The summed E-state index contributed by atoms with van der Waals surface area (Å²) in [5.41, 5.74) is -2.37. The van der Waals surface area contributed by atoms with Gasteiger partial charge >= 0.3 is 6.18 Å². The fraction of sp³-hybridized carbons (Fsp3) is 0.519. The molecule has 37 heavy (non-hydrogen) atoms. The second kappa shape index (κ2) is 10.0. The average molecular weight is 539 g/mol. The lowest BCUT2D eigenvalue weighted by Gasteiger charge is -2.44. The molecule has 4 rings (SSSR count). The molecule has 2 fully saturated rings. The number of benzene rings is 2. The fourth-order valence-electron chi connectivity index (χ4n) is 5.29. The second-order valence-corrected chi connectivity index (χ2v) is 12.4. The summed E-state index contributed by atoms with van der Waals surface area (Å²) in [6.45, 7) is 0.973. The minimum Gasteiger partial charge on any atom is -0.376 e. The molecular weight excluding hydrogens is 505 g/mol. The summed E-state index contributed by atoms with van der Waals surface area (Å²) < 4.78 is 66.0. The number of sulfonamides is 1. The van der Waals surface area contributed by atoms with Crippen LogP contribution in [0, 0.1) is 0 Å². The third kappa shape index (κ3) is 6.02. The molecule has 2 aromatic rings. The molecule has 1 atom stereocenters. The number of nitrogens with one attached hydrogen (secondary N) is 1. The van der Waals surface area contributed by atoms with Gasteiger partial charge in [0.05, 0.1) is 6.26 Å². The molecule has 10 heteroatoms. The largest absolute Gasteiger partial charge is 0.421 e. The Bertz CT molecular complexity index is 1200. The smallest absolute Gasteiger partial charge is 0.376 e. The number of nitrogens with zero attached hydrogens (tertiary/aromatic N) is 1. The van der Waals surface area contributed by atoms with E-state index in [-0.39, 0.29) is 41.1 Å². The third-order valence-corrected chi connectivity index (χ3v) is 8.45. The zero-order chi connectivity index (χ0) is 27.1. The molecule has 1 amide bonds. The van der Waals surface area contributed by atoms with Crippen molar-refractivity contribution in [3.05, 3.63) is 71.3 Å². The number of aliphatic hydroxyl groups is 1. The van der Waals surface area contributed by atoms with Crippen molar-refractivity contribution in [1.82, 2.24) is 9.62 Å². The zero-order valence-corrected chi connectivity index (χ0v) is 21.8. The highest BCUT2D eigenvalue weighted by Gasteiger charge is 2.51. The van der Waals surface area contributed by atoms with Gasteiger partial charge in [-0.15, -0.1) is 0 Å². The van der Waals surface area contributed by atoms with Crippen molar-refractivity contribution in [3.63, 3.8) is 0 Å². The highest BCUT2D eigenvalue weighted by molar-refractivity contribution is 7.88. The predicted molar refractivity (Wildman–Crippen MR) is 134 cm³/mol. The summed E-state index contributed by atoms with van der Waals surface area (Å²) in [5.74, 6) is -0.229. The molecule has 2 N–H and O–H groups in total. The van der Waals surface area contributed by atoms with Gasteiger partial charge in [0.15, 0.2) is 5.60 Å². The number of alkyl halides is 3. The molecule has 0 radical (unpaired) electrons. The van der Waals surface area contributed by atoms with E-state index >= 15 is 0 Å². The number of halogens is 3. The number of carbonyl (C=O) groups is 1. The summed E-state index contributed by atoms with van der Waals surface area (Å²) >= 11 is 0. The number of rotatable bonds is 8. The molecule has 0 heterocycles. The lowest BCUT2D eigenvalue weighted by molar-refractivity contribution is -0.258. The van der Waals surface area contributed by atoms with Crippen molar-refractivity contribution in [3.8, 4) is 0 Å². The molecule has 0 spiro atoms. The highest BCUT2D eigenvalue weighted by Crippen LogP contribution is 2.43. The van der Waals surface area contributed by atoms with E-state index in [1.54, 1.807) is 0 Å². The topological polar surface area (TPSA) is 86.7 Å². The van der Waals surface area contributed by atoms with E-state index < -0.39 is 21.8 Å². The molecule has 6 nitrogen and oxygen atoms in total. The first-order chi connectivity index (χ1) is 17.2. The lowest BCUT2D eigenvalue weighted by Crippen LogP contribution is -2.49. The van der Waals surface area contributed by atoms with E-state index in [1.807, 2.05) is 35.2 Å². The Kier molecular flexibility index (Phi) is 7.49. The van der Waals surface area contributed by atoms with E-state index in [1.165, 1.54) is 12.1 Å². The first-order valence-electron chi connectivity index (χ1n) is 12.5. The number of carbonyl (C=O) groups excluding carboxylic acids is 1. The molecule has 0 aromatic heterocycles. The predicted octanol–water partition coefficient (Wildman–Crippen LogP) is 4.49. The minimum atomic E-state index is -4.84. The summed E-state index contributed by atoms with van der Waals surface area (Å²) in [5, 5.41) is 9.94. The van der Waals surface area contributed by atoms with Crippen LogP contribution < -0.4 is 4.72 Å². The van der Waals surface area contributed by atoms with E-state index in [9.17, 15) is 31.5 Å². The van der Waals surface area contributed by atoms with Crippen LogP contribution in [0.5, 0.6) is 0 Å². The molecular formula is C27H33F3N2O4S. The Balaban J connectivity index is 1.52. The summed E-state index contributed by atoms with van der Waals surface area (Å²) in [4.78, 5) is 15.4. The summed E-state index contributed by atoms with van der Waals surface area (Å²) in [6, 6.07) is 14.8. The van der Waals surface area contributed by atoms with Crippen molar-refractivity contribution >= 4 is 15.9 Å². The van der Waals surface area contributed by atoms with E-state index in [2.05, 4.69) is 4.72 Å². The molecule has 0 saturated heterocycles. The SMILES string of the molecule is C[C@](O)(c1ccc(C(=O)N(C2CC2)C2CCC(CNS(C)(=O)=O)(c3ccccc3)CC2)cc1)C(F)(F)F. The van der Waals surface area contributed by atoms with E-state index in [4.69, 9.17) is 0 Å². The van der Waals surface area contributed by atoms with Crippen LogP contribution in [-0.4, -0.2) is 55.4 Å². The van der Waals surface area contributed by atoms with Crippen LogP contribution in [0.15, 0.2) is 54.6 Å². The van der Waals surface area contributed by atoms with Gasteiger partial charge in [-0.25, -0.2) is 13.1 Å². The Morgan fingerprint density at radius 2 is 1.54 bits per heavy atom. The van der Waals surface area contributed by atoms with Crippen LogP contribution >= 0.6 is 0 Å². The van der Waals surface area contributed by atoms with Gasteiger partial charge in [0.2, 0.25) is 10.0 Å². The maximum Gasteiger partial charge on any atom is 0.421 e. The minimum absolute atomic E-state index is 0.0481. The fourth-order valence-corrected chi connectivity index (χ4v) is 5.83. The average Bonchev–Trinajstić information content (AvgIpc) is 3.68. The van der Waals surface area contributed by atoms with Gasteiger partial charge in [0, 0.05) is 29.6 Å². The standard InChI is InChI=1S/C27H33F3N2O4S/c1-25(34,27(28,29)30)20-10-8-19(9-11-20)24(33)32(22-12-13-22)23-14-16-26(17-15-23,18-31-37(2,35)36)21-6-4-3-5-7-21/h3-11,22-23,31,34H,12-18H2,1-2H3/t23?,25-,26?/m0/s1. The van der Waals surface area contributed by atoms with Crippen LogP contribution in [-0.2, 0) is 21.0 Å². The van der Waals surface area contributed by atoms with Gasteiger partial charge < -0.3 is 10.0 Å². The Morgan fingerprint density at radius 1 is 1.00 bits per heavy atom. The number of hydrogen-bond acceptors (Lipinski definition) is 4. The molecule has 202 valence electrons. The van der Waals surface area contributed by atoms with Gasteiger partial charge in [0.25, 0.3) is 5.91 Å². The molecule has 2 aliphatic rings. The van der Waals surface area contributed by atoms with E-state index in [0.717, 1.165) is 36.8 Å². The Morgan fingerprint density at radius 3 is 2.03 bits per heavy atom. The van der Waals surface area contributed by atoms with Crippen molar-refractivity contribution < 1.29 is 31.5 Å². The summed E-state index contributed by atoms with van der Waals surface area (Å²) in [6.07, 6.45) is 0.808. The van der Waals surface area contributed by atoms with Crippen LogP contribution in [0.1, 0.15) is 66.9 Å². The third-order valence-electron chi connectivity index (χ3n) is 7.79. The van der Waals surface area contributed by atoms with Crippen LogP contribution in [0.4, 0.5) is 13.2 Å². The van der Waals surface area contributed by atoms with Crippen LogP contribution in [0.3, 0.4) is 0 Å². The molecule has 0 unspecified atom stereocenters. The van der Waals surface area contributed by atoms with Crippen molar-refractivity contribution in [2.75, 3.05) is 12.8 Å². The Labute approximate surface area is 215 Å². The number of hydrogen-bond donors (Lipinski definition) is 2. The maximum atomic E-state index is 13.5. The highest BCUT2D eigenvalue weighted by atomic mass is 32.2. The molecule has 0 bridgehead atoms.